The molecule has 3 nitrogen and oxygen atoms in total. The molecule has 0 aliphatic carbocycles. The fourth-order valence-corrected chi connectivity index (χ4v) is 0.263. The van der Waals surface area contributed by atoms with Crippen molar-refractivity contribution in [2.75, 3.05) is 6.61 Å². The molecule has 8 heavy (non-hydrogen) atoms. The lowest BCUT2D eigenvalue weighted by atomic mass is 10.4. The van der Waals surface area contributed by atoms with Crippen LogP contribution in [0.3, 0.4) is 0 Å². The summed E-state index contributed by atoms with van der Waals surface area (Å²) in [6.45, 7) is 4.31. The van der Waals surface area contributed by atoms with E-state index in [0.29, 0.717) is 13.0 Å². The molecular formula is C5H13NO2. The summed E-state index contributed by atoms with van der Waals surface area (Å²) in [5, 5.41) is 8.75. The number of nitrogens with one attached hydrogen (secondary N) is 1. The molecule has 0 aromatic heterocycles. The third-order valence-electron chi connectivity index (χ3n) is 0.750. The Balaban J connectivity index is 2.86. The zero-order chi connectivity index (χ0) is 6.41. The van der Waals surface area contributed by atoms with Gasteiger partial charge in [0.05, 0.1) is 6.61 Å². The van der Waals surface area contributed by atoms with E-state index in [4.69, 9.17) is 5.11 Å². The van der Waals surface area contributed by atoms with E-state index in [9.17, 15) is 0 Å². The molecule has 0 fully saturated rings. The van der Waals surface area contributed by atoms with Crippen molar-refractivity contribution < 1.29 is 9.94 Å². The molecule has 3 heteroatoms. The van der Waals surface area contributed by atoms with E-state index in [1.807, 2.05) is 13.8 Å². The average molecular weight is 119 g/mol. The largest absolute Gasteiger partial charge is 0.377 e. The van der Waals surface area contributed by atoms with Crippen LogP contribution in [0.25, 0.3) is 0 Å². The Labute approximate surface area is 49.6 Å². The Hall–Kier alpha value is -0.120. The smallest absolute Gasteiger partial charge is 0.126 e. The number of rotatable bonds is 4. The summed E-state index contributed by atoms with van der Waals surface area (Å²) in [6, 6.07) is 0. The average Bonchev–Trinajstić information content (AvgIpc) is 1.83. The van der Waals surface area contributed by atoms with Crippen LogP contribution in [0.4, 0.5) is 0 Å². The van der Waals surface area contributed by atoms with E-state index in [1.54, 1.807) is 0 Å². The second kappa shape index (κ2) is 5.03. The number of hydrogen-bond acceptors (Lipinski definition) is 3. The summed E-state index contributed by atoms with van der Waals surface area (Å²) < 4.78 is 0. The Morgan fingerprint density at radius 3 is 2.62 bits per heavy atom. The van der Waals surface area contributed by atoms with Crippen molar-refractivity contribution in [1.29, 1.82) is 0 Å². The molecule has 0 aliphatic heterocycles. The minimum atomic E-state index is -0.519. The van der Waals surface area contributed by atoms with Crippen molar-refractivity contribution in [2.24, 2.45) is 0 Å². The van der Waals surface area contributed by atoms with Gasteiger partial charge in [-0.3, -0.25) is 4.84 Å². The first-order valence-corrected chi connectivity index (χ1v) is 2.86. The lowest BCUT2D eigenvalue weighted by Crippen LogP contribution is -2.27. The Bertz CT molecular complexity index is 49.7. The van der Waals surface area contributed by atoms with Gasteiger partial charge in [-0.2, -0.15) is 5.48 Å². The Kier molecular flexibility index (Phi) is 4.95. The molecule has 2 N–H and O–H groups in total. The Morgan fingerprint density at radius 2 is 2.25 bits per heavy atom. The van der Waals surface area contributed by atoms with Crippen LogP contribution in [0, 0.1) is 0 Å². The van der Waals surface area contributed by atoms with Gasteiger partial charge in [0, 0.05) is 0 Å². The van der Waals surface area contributed by atoms with Gasteiger partial charge in [-0.15, -0.1) is 0 Å². The summed E-state index contributed by atoms with van der Waals surface area (Å²) in [5.41, 5.74) is 2.44. The van der Waals surface area contributed by atoms with Gasteiger partial charge in [-0.25, -0.2) is 0 Å². The first kappa shape index (κ1) is 7.88. The number of hydrogen-bond donors (Lipinski definition) is 2. The second-order valence-electron chi connectivity index (χ2n) is 1.47. The van der Waals surface area contributed by atoms with Crippen molar-refractivity contribution in [3.8, 4) is 0 Å². The van der Waals surface area contributed by atoms with Crippen LogP contribution in [0.15, 0.2) is 0 Å². The van der Waals surface area contributed by atoms with Gasteiger partial charge in [-0.1, -0.05) is 6.92 Å². The first-order valence-electron chi connectivity index (χ1n) is 2.86. The van der Waals surface area contributed by atoms with E-state index in [-0.39, 0.29) is 0 Å². The maximum Gasteiger partial charge on any atom is 0.126 e. The zero-order valence-corrected chi connectivity index (χ0v) is 5.35. The van der Waals surface area contributed by atoms with Gasteiger partial charge in [-0.05, 0) is 13.3 Å². The van der Waals surface area contributed by atoms with Crippen LogP contribution in [-0.4, -0.2) is 17.9 Å². The summed E-state index contributed by atoms with van der Waals surface area (Å²) in [4.78, 5) is 4.69. The fourth-order valence-electron chi connectivity index (χ4n) is 0.263. The maximum atomic E-state index is 8.75. The normalized spacial score (nSPS) is 13.9. The molecule has 0 saturated carbocycles. The molecular weight excluding hydrogens is 106 g/mol. The number of aliphatic hydroxyl groups is 1. The van der Waals surface area contributed by atoms with Crippen LogP contribution < -0.4 is 5.48 Å². The highest BCUT2D eigenvalue weighted by Gasteiger charge is 1.94. The molecule has 0 radical (unpaired) electrons. The van der Waals surface area contributed by atoms with E-state index in [1.165, 1.54) is 0 Å². The van der Waals surface area contributed by atoms with Crippen molar-refractivity contribution in [3.63, 3.8) is 0 Å². The quantitative estimate of drug-likeness (QED) is 0.412. The minimum absolute atomic E-state index is 0.519. The second-order valence-corrected chi connectivity index (χ2v) is 1.47. The standard InChI is InChI=1S/C5H13NO2/c1-3-5(7)6-8-4-2/h5-7H,3-4H2,1-2H3. The predicted octanol–water partition coefficient (Wildman–Crippen LogP) is 0.256. The lowest BCUT2D eigenvalue weighted by molar-refractivity contribution is -0.0526. The van der Waals surface area contributed by atoms with Gasteiger partial charge in [0.1, 0.15) is 6.23 Å². The van der Waals surface area contributed by atoms with E-state index in [2.05, 4.69) is 10.3 Å². The number of hydroxylamine groups is 1. The van der Waals surface area contributed by atoms with Crippen molar-refractivity contribution in [1.82, 2.24) is 5.48 Å². The molecule has 0 saturated heterocycles. The summed E-state index contributed by atoms with van der Waals surface area (Å²) >= 11 is 0. The molecule has 0 aliphatic rings. The molecule has 0 spiro atoms. The molecule has 1 atom stereocenters. The molecule has 0 aromatic carbocycles. The van der Waals surface area contributed by atoms with Gasteiger partial charge in [0.2, 0.25) is 0 Å². The van der Waals surface area contributed by atoms with E-state index < -0.39 is 6.23 Å². The molecule has 50 valence electrons. The predicted molar refractivity (Wildman–Crippen MR) is 31.1 cm³/mol. The molecule has 0 amide bonds. The van der Waals surface area contributed by atoms with Crippen LogP contribution >= 0.6 is 0 Å². The Morgan fingerprint density at radius 1 is 1.62 bits per heavy atom. The first-order chi connectivity index (χ1) is 3.81. The highest BCUT2D eigenvalue weighted by Crippen LogP contribution is 1.81. The van der Waals surface area contributed by atoms with Crippen LogP contribution in [0.2, 0.25) is 0 Å². The molecule has 0 bridgehead atoms. The van der Waals surface area contributed by atoms with Gasteiger partial charge < -0.3 is 5.11 Å². The monoisotopic (exact) mass is 119 g/mol. The topological polar surface area (TPSA) is 41.5 Å². The lowest BCUT2D eigenvalue weighted by Gasteiger charge is -2.07. The third-order valence-corrected chi connectivity index (χ3v) is 0.750. The summed E-state index contributed by atoms with van der Waals surface area (Å²) in [6.07, 6.45) is 0.148. The minimum Gasteiger partial charge on any atom is -0.377 e. The summed E-state index contributed by atoms with van der Waals surface area (Å²) in [7, 11) is 0. The summed E-state index contributed by atoms with van der Waals surface area (Å²) in [5.74, 6) is 0. The third kappa shape index (κ3) is 4.05. The van der Waals surface area contributed by atoms with Crippen LogP contribution in [0.5, 0.6) is 0 Å². The molecule has 1 unspecified atom stereocenters. The van der Waals surface area contributed by atoms with E-state index >= 15 is 0 Å². The molecule has 0 rings (SSSR count). The van der Waals surface area contributed by atoms with Gasteiger partial charge in [0.15, 0.2) is 0 Å². The van der Waals surface area contributed by atoms with Crippen LogP contribution in [-0.2, 0) is 4.84 Å². The zero-order valence-electron chi connectivity index (χ0n) is 5.35. The van der Waals surface area contributed by atoms with E-state index in [0.717, 1.165) is 0 Å². The maximum absolute atomic E-state index is 8.75. The molecule has 0 aromatic rings. The number of aliphatic hydroxyl groups excluding tert-OH is 1. The van der Waals surface area contributed by atoms with Crippen molar-refractivity contribution in [3.05, 3.63) is 0 Å². The van der Waals surface area contributed by atoms with Crippen LogP contribution in [0.1, 0.15) is 20.3 Å². The SMILES string of the molecule is CCONC(O)CC. The fraction of sp³-hybridized carbons (Fsp3) is 1.00. The molecule has 0 heterocycles. The van der Waals surface area contributed by atoms with Crippen molar-refractivity contribution >= 4 is 0 Å². The highest BCUT2D eigenvalue weighted by molar-refractivity contribution is 4.35. The van der Waals surface area contributed by atoms with Gasteiger partial charge in [0.25, 0.3) is 0 Å². The van der Waals surface area contributed by atoms with Crippen molar-refractivity contribution in [2.45, 2.75) is 26.5 Å². The highest BCUT2D eigenvalue weighted by atomic mass is 16.7. The van der Waals surface area contributed by atoms with Gasteiger partial charge >= 0.3 is 0 Å².